The van der Waals surface area contributed by atoms with Crippen LogP contribution in [0.5, 0.6) is 0 Å². The zero-order valence-corrected chi connectivity index (χ0v) is 10.9. The van der Waals surface area contributed by atoms with E-state index in [2.05, 4.69) is 4.74 Å². The van der Waals surface area contributed by atoms with E-state index in [0.717, 1.165) is 12.0 Å². The number of hydrogen-bond donors (Lipinski definition) is 0. The summed E-state index contributed by atoms with van der Waals surface area (Å²) >= 11 is 5.55. The van der Waals surface area contributed by atoms with E-state index in [9.17, 15) is 9.59 Å². The van der Waals surface area contributed by atoms with E-state index in [1.807, 2.05) is 6.07 Å². The van der Waals surface area contributed by atoms with Crippen LogP contribution in [0, 0.1) is 0 Å². The van der Waals surface area contributed by atoms with Crippen molar-refractivity contribution < 1.29 is 14.3 Å². The molecule has 96 valence electrons. The Morgan fingerprint density at radius 3 is 2.83 bits per heavy atom. The van der Waals surface area contributed by atoms with Crippen molar-refractivity contribution >= 4 is 23.5 Å². The molecule has 1 aliphatic heterocycles. The fourth-order valence-corrected chi connectivity index (χ4v) is 2.27. The Morgan fingerprint density at radius 2 is 2.17 bits per heavy atom. The number of carbonyl (C=O) groups is 2. The summed E-state index contributed by atoms with van der Waals surface area (Å²) in [4.78, 5) is 24.7. The van der Waals surface area contributed by atoms with Crippen LogP contribution in [-0.4, -0.2) is 36.3 Å². The van der Waals surface area contributed by atoms with Crippen molar-refractivity contribution in [2.24, 2.45) is 0 Å². The van der Waals surface area contributed by atoms with Gasteiger partial charge in [0.05, 0.1) is 12.7 Å². The van der Waals surface area contributed by atoms with Crippen LogP contribution in [0.4, 0.5) is 0 Å². The van der Waals surface area contributed by atoms with Crippen LogP contribution in [0.1, 0.15) is 21.5 Å². The van der Waals surface area contributed by atoms with E-state index in [-0.39, 0.29) is 17.8 Å². The van der Waals surface area contributed by atoms with Gasteiger partial charge in [0.1, 0.15) is 5.88 Å². The smallest absolute Gasteiger partial charge is 0.337 e. The van der Waals surface area contributed by atoms with Crippen LogP contribution in [0.25, 0.3) is 0 Å². The number of amides is 1. The first-order valence-corrected chi connectivity index (χ1v) is 6.23. The van der Waals surface area contributed by atoms with Gasteiger partial charge in [0.2, 0.25) is 5.91 Å². The molecule has 1 aliphatic rings. The second kappa shape index (κ2) is 5.40. The Hall–Kier alpha value is -1.55. The third-order valence-electron chi connectivity index (χ3n) is 3.11. The van der Waals surface area contributed by atoms with E-state index < -0.39 is 0 Å². The number of nitrogens with zero attached hydrogens (tertiary/aromatic N) is 1. The highest BCUT2D eigenvalue weighted by molar-refractivity contribution is 6.27. The lowest BCUT2D eigenvalue weighted by Gasteiger charge is -2.28. The zero-order valence-electron chi connectivity index (χ0n) is 10.1. The van der Waals surface area contributed by atoms with Gasteiger partial charge in [-0.3, -0.25) is 4.79 Å². The van der Waals surface area contributed by atoms with Gasteiger partial charge in [-0.25, -0.2) is 4.79 Å². The maximum Gasteiger partial charge on any atom is 0.337 e. The van der Waals surface area contributed by atoms with Gasteiger partial charge < -0.3 is 9.64 Å². The molecule has 0 aromatic heterocycles. The lowest BCUT2D eigenvalue weighted by atomic mass is 9.97. The molecular formula is C13H14ClNO3. The monoisotopic (exact) mass is 267 g/mol. The van der Waals surface area contributed by atoms with Crippen LogP contribution in [-0.2, 0) is 22.5 Å². The van der Waals surface area contributed by atoms with E-state index in [1.165, 1.54) is 12.7 Å². The standard InChI is InChI=1S/C13H14ClNO3/c1-18-13(17)10-3-2-9-4-5-15(12(16)7-14)8-11(9)6-10/h2-3,6H,4-5,7-8H2,1H3. The Kier molecular flexibility index (Phi) is 3.87. The van der Waals surface area contributed by atoms with Gasteiger partial charge in [-0.15, -0.1) is 11.6 Å². The Morgan fingerprint density at radius 1 is 1.39 bits per heavy atom. The van der Waals surface area contributed by atoms with E-state index in [1.54, 1.807) is 17.0 Å². The summed E-state index contributed by atoms with van der Waals surface area (Å²) in [5, 5.41) is 0. The predicted molar refractivity (Wildman–Crippen MR) is 67.6 cm³/mol. The molecule has 0 radical (unpaired) electrons. The fourth-order valence-electron chi connectivity index (χ4n) is 2.10. The van der Waals surface area contributed by atoms with Crippen LogP contribution in [0.3, 0.4) is 0 Å². The molecule has 0 atom stereocenters. The Labute approximate surface area is 110 Å². The summed E-state index contributed by atoms with van der Waals surface area (Å²) in [5.41, 5.74) is 2.67. The van der Waals surface area contributed by atoms with Crippen molar-refractivity contribution in [3.8, 4) is 0 Å². The Balaban J connectivity index is 2.24. The first-order valence-electron chi connectivity index (χ1n) is 5.69. The summed E-state index contributed by atoms with van der Waals surface area (Å²) in [6.07, 6.45) is 0.791. The minimum atomic E-state index is -0.362. The third-order valence-corrected chi connectivity index (χ3v) is 3.34. The highest BCUT2D eigenvalue weighted by Crippen LogP contribution is 2.21. The predicted octanol–water partition coefficient (Wildman–Crippen LogP) is 1.60. The first-order chi connectivity index (χ1) is 8.65. The van der Waals surface area contributed by atoms with Gasteiger partial charge in [-0.2, -0.15) is 0 Å². The quantitative estimate of drug-likeness (QED) is 0.604. The third kappa shape index (κ3) is 2.48. The molecule has 0 unspecified atom stereocenters. The number of rotatable bonds is 2. The number of methoxy groups -OCH3 is 1. The average Bonchev–Trinajstić information content (AvgIpc) is 2.44. The maximum atomic E-state index is 11.6. The van der Waals surface area contributed by atoms with Crippen molar-refractivity contribution in [2.75, 3.05) is 19.5 Å². The number of benzene rings is 1. The van der Waals surface area contributed by atoms with Gasteiger partial charge in [-0.05, 0) is 29.7 Å². The normalized spacial score (nSPS) is 14.0. The molecule has 0 saturated carbocycles. The van der Waals surface area contributed by atoms with E-state index in [4.69, 9.17) is 11.6 Å². The van der Waals surface area contributed by atoms with Gasteiger partial charge in [-0.1, -0.05) is 6.07 Å². The van der Waals surface area contributed by atoms with Crippen LogP contribution < -0.4 is 0 Å². The summed E-state index contributed by atoms with van der Waals surface area (Å²) in [5.74, 6) is -0.448. The van der Waals surface area contributed by atoms with Crippen molar-refractivity contribution in [1.82, 2.24) is 4.90 Å². The minimum Gasteiger partial charge on any atom is -0.465 e. The Bertz CT molecular complexity index is 487. The van der Waals surface area contributed by atoms with Crippen molar-refractivity contribution in [2.45, 2.75) is 13.0 Å². The number of fused-ring (bicyclic) bond motifs is 1. The summed E-state index contributed by atoms with van der Waals surface area (Å²) in [6.45, 7) is 1.18. The first kappa shape index (κ1) is 12.9. The average molecular weight is 268 g/mol. The molecule has 2 rings (SSSR count). The van der Waals surface area contributed by atoms with Crippen LogP contribution >= 0.6 is 11.6 Å². The van der Waals surface area contributed by atoms with Crippen molar-refractivity contribution in [3.63, 3.8) is 0 Å². The highest BCUT2D eigenvalue weighted by Gasteiger charge is 2.21. The molecule has 1 heterocycles. The number of carbonyl (C=O) groups excluding carboxylic acids is 2. The molecule has 18 heavy (non-hydrogen) atoms. The molecule has 1 amide bonds. The SMILES string of the molecule is COC(=O)c1ccc2c(c1)CN(C(=O)CCl)CC2. The molecule has 0 aliphatic carbocycles. The maximum absolute atomic E-state index is 11.6. The second-order valence-corrected chi connectivity index (χ2v) is 4.44. The summed E-state index contributed by atoms with van der Waals surface area (Å²) < 4.78 is 4.68. The molecular weight excluding hydrogens is 254 g/mol. The largest absolute Gasteiger partial charge is 0.465 e. The number of halogens is 1. The minimum absolute atomic E-state index is 0.00791. The molecule has 0 N–H and O–H groups in total. The number of esters is 1. The van der Waals surface area contributed by atoms with E-state index in [0.29, 0.717) is 18.7 Å². The lowest BCUT2D eigenvalue weighted by Crippen LogP contribution is -2.36. The molecule has 4 nitrogen and oxygen atoms in total. The summed E-state index contributed by atoms with van der Waals surface area (Å²) in [6, 6.07) is 5.46. The van der Waals surface area contributed by atoms with E-state index >= 15 is 0 Å². The molecule has 1 aromatic rings. The molecule has 0 bridgehead atoms. The van der Waals surface area contributed by atoms with Crippen LogP contribution in [0.15, 0.2) is 18.2 Å². The number of hydrogen-bond acceptors (Lipinski definition) is 3. The molecule has 1 aromatic carbocycles. The fraction of sp³-hybridized carbons (Fsp3) is 0.385. The molecule has 5 heteroatoms. The van der Waals surface area contributed by atoms with Gasteiger partial charge in [0.25, 0.3) is 0 Å². The van der Waals surface area contributed by atoms with Gasteiger partial charge in [0.15, 0.2) is 0 Å². The number of alkyl halides is 1. The lowest BCUT2D eigenvalue weighted by molar-refractivity contribution is -0.129. The summed E-state index contributed by atoms with van der Waals surface area (Å²) in [7, 11) is 1.35. The van der Waals surface area contributed by atoms with Crippen molar-refractivity contribution in [3.05, 3.63) is 34.9 Å². The number of ether oxygens (including phenoxy) is 1. The van der Waals surface area contributed by atoms with Crippen molar-refractivity contribution in [1.29, 1.82) is 0 Å². The molecule has 0 spiro atoms. The topological polar surface area (TPSA) is 46.6 Å². The second-order valence-electron chi connectivity index (χ2n) is 4.17. The van der Waals surface area contributed by atoms with Gasteiger partial charge in [0, 0.05) is 13.1 Å². The zero-order chi connectivity index (χ0) is 13.1. The highest BCUT2D eigenvalue weighted by atomic mass is 35.5. The molecule has 0 fully saturated rings. The van der Waals surface area contributed by atoms with Gasteiger partial charge >= 0.3 is 5.97 Å². The van der Waals surface area contributed by atoms with Crippen LogP contribution in [0.2, 0.25) is 0 Å². The molecule has 0 saturated heterocycles.